The number of nitrogens with zero attached hydrogens (tertiary/aromatic N) is 1. The zero-order chi connectivity index (χ0) is 14.4. The second-order valence-corrected chi connectivity index (χ2v) is 7.73. The molecule has 1 aliphatic heterocycles. The van der Waals surface area contributed by atoms with Crippen molar-refractivity contribution in [2.45, 2.75) is 51.8 Å². The van der Waals surface area contributed by atoms with Crippen molar-refractivity contribution in [2.75, 3.05) is 13.2 Å². The summed E-state index contributed by atoms with van der Waals surface area (Å²) in [5.74, 6) is 0.497. The van der Waals surface area contributed by atoms with Crippen LogP contribution in [0.1, 0.15) is 37.4 Å². The van der Waals surface area contributed by atoms with Crippen molar-refractivity contribution < 1.29 is 4.74 Å². The fourth-order valence-electron chi connectivity index (χ4n) is 3.89. The van der Waals surface area contributed by atoms with Gasteiger partial charge in [-0.1, -0.05) is 13.8 Å². The van der Waals surface area contributed by atoms with E-state index in [0.29, 0.717) is 12.0 Å². The van der Waals surface area contributed by atoms with Gasteiger partial charge in [0.15, 0.2) is 0 Å². The minimum atomic E-state index is -0.162. The first kappa shape index (κ1) is 14.4. The number of aromatic nitrogens is 1. The zero-order valence-electron chi connectivity index (χ0n) is 12.6. The van der Waals surface area contributed by atoms with Crippen LogP contribution in [0.2, 0.25) is 0 Å². The average Bonchev–Trinajstić information content (AvgIpc) is 2.84. The molecule has 1 saturated carbocycles. The van der Waals surface area contributed by atoms with Gasteiger partial charge < -0.3 is 15.8 Å². The molecule has 112 valence electrons. The topological polar surface area (TPSA) is 60.2 Å². The summed E-state index contributed by atoms with van der Waals surface area (Å²) < 4.78 is 5.94. The first-order valence-electron chi connectivity index (χ1n) is 7.47. The molecule has 2 fully saturated rings. The number of hydrogen-bond acceptors (Lipinski definition) is 5. The number of fused-ring (bicyclic) bond motifs is 1. The third kappa shape index (κ3) is 2.11. The van der Waals surface area contributed by atoms with E-state index in [1.807, 2.05) is 6.92 Å². The van der Waals surface area contributed by atoms with Gasteiger partial charge in [-0.05, 0) is 19.8 Å². The van der Waals surface area contributed by atoms with E-state index in [4.69, 9.17) is 10.5 Å². The highest BCUT2D eigenvalue weighted by molar-refractivity contribution is 7.09. The summed E-state index contributed by atoms with van der Waals surface area (Å²) >= 11 is 1.71. The number of nitrogens with two attached hydrogens (primary N) is 1. The Bertz CT molecular complexity index is 487. The van der Waals surface area contributed by atoms with Crippen molar-refractivity contribution in [3.05, 3.63) is 16.1 Å². The van der Waals surface area contributed by atoms with Gasteiger partial charge in [0.1, 0.15) is 5.01 Å². The third-order valence-corrected chi connectivity index (χ3v) is 6.22. The number of thiazole rings is 1. The van der Waals surface area contributed by atoms with E-state index in [9.17, 15) is 0 Å². The van der Waals surface area contributed by atoms with E-state index in [-0.39, 0.29) is 11.0 Å². The average molecular weight is 295 g/mol. The molecule has 3 unspecified atom stereocenters. The van der Waals surface area contributed by atoms with E-state index >= 15 is 0 Å². The quantitative estimate of drug-likeness (QED) is 0.893. The number of nitrogens with one attached hydrogen (secondary N) is 1. The third-order valence-electron chi connectivity index (χ3n) is 5.26. The second kappa shape index (κ2) is 5.05. The van der Waals surface area contributed by atoms with Crippen molar-refractivity contribution in [1.82, 2.24) is 10.3 Å². The Balaban J connectivity index is 1.60. The fourth-order valence-corrected chi connectivity index (χ4v) is 4.63. The van der Waals surface area contributed by atoms with Crippen LogP contribution in [0, 0.1) is 18.3 Å². The summed E-state index contributed by atoms with van der Waals surface area (Å²) in [5, 5.41) is 6.74. The van der Waals surface area contributed by atoms with Gasteiger partial charge in [0.05, 0.1) is 6.10 Å². The molecular weight excluding hydrogens is 270 g/mol. The molecule has 2 heterocycles. The smallest absolute Gasteiger partial charge is 0.107 e. The van der Waals surface area contributed by atoms with Gasteiger partial charge in [0, 0.05) is 47.6 Å². The Kier molecular flexibility index (Phi) is 3.65. The normalized spacial score (nSPS) is 35.4. The zero-order valence-corrected chi connectivity index (χ0v) is 13.4. The predicted octanol–water partition coefficient (Wildman–Crippen LogP) is 2.07. The van der Waals surface area contributed by atoms with Gasteiger partial charge in [-0.25, -0.2) is 4.98 Å². The highest BCUT2D eigenvalue weighted by Gasteiger charge is 2.65. The molecule has 3 atom stereocenters. The molecule has 0 amide bonds. The molecule has 0 radical (unpaired) electrons. The van der Waals surface area contributed by atoms with E-state index in [1.54, 1.807) is 11.3 Å². The first-order valence-corrected chi connectivity index (χ1v) is 8.35. The highest BCUT2D eigenvalue weighted by atomic mass is 32.1. The van der Waals surface area contributed by atoms with Crippen molar-refractivity contribution in [1.29, 1.82) is 0 Å². The molecular formula is C15H25N3OS. The van der Waals surface area contributed by atoms with Crippen molar-refractivity contribution in [2.24, 2.45) is 17.1 Å². The molecule has 0 bridgehead atoms. The number of rotatable bonds is 4. The SMILES string of the molecule is Cc1csc(CNCC2(N)C3CCCOC3C2(C)C)n1. The molecule has 4 nitrogen and oxygen atoms in total. The van der Waals surface area contributed by atoms with Crippen LogP contribution in [0.5, 0.6) is 0 Å². The maximum atomic E-state index is 6.75. The molecule has 2 aliphatic rings. The Morgan fingerprint density at radius 2 is 2.35 bits per heavy atom. The maximum Gasteiger partial charge on any atom is 0.107 e. The van der Waals surface area contributed by atoms with Crippen LogP contribution in [-0.4, -0.2) is 29.8 Å². The molecule has 1 saturated heterocycles. The second-order valence-electron chi connectivity index (χ2n) is 6.79. The summed E-state index contributed by atoms with van der Waals surface area (Å²) in [6.07, 6.45) is 2.68. The first-order chi connectivity index (χ1) is 9.45. The number of aryl methyl sites for hydroxylation is 1. The lowest BCUT2D eigenvalue weighted by atomic mass is 9.46. The Morgan fingerprint density at radius 3 is 3.05 bits per heavy atom. The molecule has 3 N–H and O–H groups in total. The lowest BCUT2D eigenvalue weighted by Gasteiger charge is -2.66. The van der Waals surface area contributed by atoms with Gasteiger partial charge in [0.25, 0.3) is 0 Å². The van der Waals surface area contributed by atoms with Crippen LogP contribution < -0.4 is 11.1 Å². The standard InChI is InChI=1S/C15H25N3OS/c1-10-8-20-12(18-10)7-17-9-15(16)11-5-4-6-19-13(11)14(15,2)3/h8,11,13,17H,4-7,9,16H2,1-3H3. The van der Waals surface area contributed by atoms with Crippen LogP contribution in [0.25, 0.3) is 0 Å². The monoisotopic (exact) mass is 295 g/mol. The van der Waals surface area contributed by atoms with Gasteiger partial charge in [0.2, 0.25) is 0 Å². The Hall–Kier alpha value is -0.490. The summed E-state index contributed by atoms with van der Waals surface area (Å²) in [7, 11) is 0. The van der Waals surface area contributed by atoms with E-state index in [0.717, 1.165) is 36.8 Å². The van der Waals surface area contributed by atoms with Gasteiger partial charge in [-0.2, -0.15) is 0 Å². The molecule has 1 aromatic heterocycles. The van der Waals surface area contributed by atoms with Crippen molar-refractivity contribution in [3.8, 4) is 0 Å². The summed E-state index contributed by atoms with van der Waals surface area (Å²) in [6, 6.07) is 0. The number of hydrogen-bond donors (Lipinski definition) is 2. The van der Waals surface area contributed by atoms with Crippen molar-refractivity contribution >= 4 is 11.3 Å². The minimum Gasteiger partial charge on any atom is -0.377 e. The van der Waals surface area contributed by atoms with Crippen molar-refractivity contribution in [3.63, 3.8) is 0 Å². The van der Waals surface area contributed by atoms with Crippen LogP contribution >= 0.6 is 11.3 Å². The van der Waals surface area contributed by atoms with Crippen LogP contribution in [-0.2, 0) is 11.3 Å². The lowest BCUT2D eigenvalue weighted by molar-refractivity contribution is -0.225. The molecule has 1 aliphatic carbocycles. The maximum absolute atomic E-state index is 6.75. The van der Waals surface area contributed by atoms with Gasteiger partial charge in [-0.15, -0.1) is 11.3 Å². The summed E-state index contributed by atoms with van der Waals surface area (Å²) in [5.41, 5.74) is 7.72. The van der Waals surface area contributed by atoms with E-state index < -0.39 is 0 Å². The molecule has 20 heavy (non-hydrogen) atoms. The summed E-state index contributed by atoms with van der Waals surface area (Å²) in [6.45, 7) is 9.06. The largest absolute Gasteiger partial charge is 0.377 e. The van der Waals surface area contributed by atoms with E-state index in [2.05, 4.69) is 29.5 Å². The van der Waals surface area contributed by atoms with Crippen LogP contribution in [0.3, 0.4) is 0 Å². The predicted molar refractivity (Wildman–Crippen MR) is 81.7 cm³/mol. The minimum absolute atomic E-state index is 0.0455. The molecule has 1 aromatic rings. The highest BCUT2D eigenvalue weighted by Crippen LogP contribution is 2.56. The Morgan fingerprint density at radius 1 is 1.55 bits per heavy atom. The van der Waals surface area contributed by atoms with Gasteiger partial charge in [-0.3, -0.25) is 0 Å². The number of ether oxygens (including phenoxy) is 1. The molecule has 0 aromatic carbocycles. The van der Waals surface area contributed by atoms with Gasteiger partial charge >= 0.3 is 0 Å². The molecule has 0 spiro atoms. The van der Waals surface area contributed by atoms with Crippen LogP contribution in [0.15, 0.2) is 5.38 Å². The lowest BCUT2D eigenvalue weighted by Crippen LogP contribution is -2.80. The summed E-state index contributed by atoms with van der Waals surface area (Å²) in [4.78, 5) is 4.48. The fraction of sp³-hybridized carbons (Fsp3) is 0.800. The Labute approximate surface area is 125 Å². The molecule has 3 rings (SSSR count). The van der Waals surface area contributed by atoms with E-state index in [1.165, 1.54) is 6.42 Å². The van der Waals surface area contributed by atoms with Crippen LogP contribution in [0.4, 0.5) is 0 Å². The molecule has 5 heteroatoms.